The number of benzene rings is 1. The number of H-pyrrole nitrogens is 1. The highest BCUT2D eigenvalue weighted by molar-refractivity contribution is 6.06. The van der Waals surface area contributed by atoms with Gasteiger partial charge in [-0.05, 0) is 36.6 Å². The molecule has 0 saturated heterocycles. The highest BCUT2D eigenvalue weighted by Crippen LogP contribution is 2.24. The number of rotatable bonds is 4. The highest BCUT2D eigenvalue weighted by atomic mass is 16.5. The number of nitrogens with zero attached hydrogens (tertiary/aromatic N) is 1. The molecule has 0 aliphatic carbocycles. The van der Waals surface area contributed by atoms with Crippen molar-refractivity contribution in [2.75, 3.05) is 18.2 Å². The maximum absolute atomic E-state index is 12.2. The fraction of sp³-hybridized carbons (Fsp3) is 0.333. The van der Waals surface area contributed by atoms with Crippen LogP contribution in [0.3, 0.4) is 0 Å². The van der Waals surface area contributed by atoms with Crippen molar-refractivity contribution < 1.29 is 9.53 Å². The first-order valence-electron chi connectivity index (χ1n) is 6.73. The van der Waals surface area contributed by atoms with Crippen LogP contribution in [0.2, 0.25) is 0 Å². The number of methoxy groups -OCH3 is 1. The van der Waals surface area contributed by atoms with Gasteiger partial charge in [0.15, 0.2) is 5.69 Å². The molecule has 112 valence electrons. The van der Waals surface area contributed by atoms with Gasteiger partial charge >= 0.3 is 0 Å². The largest absolute Gasteiger partial charge is 0.496 e. The van der Waals surface area contributed by atoms with Crippen molar-refractivity contribution in [2.45, 2.75) is 26.7 Å². The summed E-state index contributed by atoms with van der Waals surface area (Å²) >= 11 is 0. The number of hydrogen-bond donors (Lipinski definition) is 3. The first-order valence-corrected chi connectivity index (χ1v) is 6.73. The molecule has 0 aliphatic rings. The Morgan fingerprint density at radius 3 is 2.67 bits per heavy atom. The molecule has 0 spiro atoms. The fourth-order valence-corrected chi connectivity index (χ4v) is 2.12. The Kier molecular flexibility index (Phi) is 4.16. The van der Waals surface area contributed by atoms with Crippen LogP contribution >= 0.6 is 0 Å². The van der Waals surface area contributed by atoms with E-state index >= 15 is 0 Å². The van der Waals surface area contributed by atoms with Crippen LogP contribution in [0.4, 0.5) is 11.4 Å². The molecular weight excluding hydrogens is 268 g/mol. The number of aromatic amines is 1. The average molecular weight is 288 g/mol. The predicted molar refractivity (Wildman–Crippen MR) is 82.8 cm³/mol. The van der Waals surface area contributed by atoms with Crippen molar-refractivity contribution >= 4 is 17.3 Å². The average Bonchev–Trinajstić information content (AvgIpc) is 2.81. The van der Waals surface area contributed by atoms with Gasteiger partial charge in [-0.15, -0.1) is 0 Å². The molecule has 21 heavy (non-hydrogen) atoms. The molecule has 1 heterocycles. The third-order valence-corrected chi connectivity index (χ3v) is 3.28. The van der Waals surface area contributed by atoms with E-state index in [4.69, 9.17) is 10.5 Å². The summed E-state index contributed by atoms with van der Waals surface area (Å²) in [5.74, 6) is 0.622. The normalized spacial score (nSPS) is 10.7. The lowest BCUT2D eigenvalue weighted by Crippen LogP contribution is -2.14. The zero-order chi connectivity index (χ0) is 15.6. The second kappa shape index (κ2) is 5.87. The van der Waals surface area contributed by atoms with Gasteiger partial charge in [-0.25, -0.2) is 0 Å². The van der Waals surface area contributed by atoms with Gasteiger partial charge in [-0.2, -0.15) is 5.10 Å². The molecule has 1 amide bonds. The number of amides is 1. The zero-order valence-electron chi connectivity index (χ0n) is 12.7. The van der Waals surface area contributed by atoms with Crippen molar-refractivity contribution in [3.63, 3.8) is 0 Å². The van der Waals surface area contributed by atoms with Crippen LogP contribution in [0.25, 0.3) is 0 Å². The Morgan fingerprint density at radius 1 is 1.43 bits per heavy atom. The number of nitrogens with two attached hydrogens (primary N) is 1. The molecule has 2 aromatic rings. The maximum atomic E-state index is 12.2. The third-order valence-electron chi connectivity index (χ3n) is 3.28. The van der Waals surface area contributed by atoms with E-state index in [-0.39, 0.29) is 17.5 Å². The van der Waals surface area contributed by atoms with Crippen molar-refractivity contribution in [2.24, 2.45) is 0 Å². The molecule has 0 bridgehead atoms. The number of anilines is 2. The van der Waals surface area contributed by atoms with Gasteiger partial charge in [0.1, 0.15) is 5.75 Å². The van der Waals surface area contributed by atoms with Gasteiger partial charge in [-0.3, -0.25) is 9.89 Å². The van der Waals surface area contributed by atoms with E-state index < -0.39 is 0 Å². The van der Waals surface area contributed by atoms with Gasteiger partial charge < -0.3 is 15.8 Å². The minimum Gasteiger partial charge on any atom is -0.496 e. The monoisotopic (exact) mass is 288 g/mol. The van der Waals surface area contributed by atoms with E-state index in [1.165, 1.54) is 0 Å². The van der Waals surface area contributed by atoms with Crippen LogP contribution in [-0.2, 0) is 0 Å². The lowest BCUT2D eigenvalue weighted by atomic mass is 10.1. The molecule has 2 rings (SSSR count). The Balaban J connectivity index is 2.20. The van der Waals surface area contributed by atoms with Crippen LogP contribution in [0.15, 0.2) is 18.2 Å². The molecule has 0 aliphatic heterocycles. The molecule has 6 nitrogen and oxygen atoms in total. The summed E-state index contributed by atoms with van der Waals surface area (Å²) in [6.45, 7) is 5.88. The maximum Gasteiger partial charge on any atom is 0.278 e. The van der Waals surface area contributed by atoms with Crippen molar-refractivity contribution in [1.29, 1.82) is 0 Å². The smallest absolute Gasteiger partial charge is 0.278 e. The molecule has 0 radical (unpaired) electrons. The number of carbonyl (C=O) groups excluding carboxylic acids is 1. The first-order chi connectivity index (χ1) is 9.93. The summed E-state index contributed by atoms with van der Waals surface area (Å²) in [6, 6.07) is 5.41. The number of ether oxygens (including phenoxy) is 1. The molecule has 1 aromatic heterocycles. The number of hydrogen-bond acceptors (Lipinski definition) is 4. The fourth-order valence-electron chi connectivity index (χ4n) is 2.12. The van der Waals surface area contributed by atoms with E-state index in [2.05, 4.69) is 15.5 Å². The summed E-state index contributed by atoms with van der Waals surface area (Å²) in [5, 5.41) is 9.60. The molecule has 0 unspecified atom stereocenters. The highest BCUT2D eigenvalue weighted by Gasteiger charge is 2.19. The minimum atomic E-state index is -0.333. The SMILES string of the molecule is COc1ccc(NC(=O)c2n[nH]c(C(C)C)c2N)cc1C. The molecule has 0 fully saturated rings. The van der Waals surface area contributed by atoms with E-state index in [1.807, 2.05) is 26.8 Å². The van der Waals surface area contributed by atoms with E-state index in [9.17, 15) is 4.79 Å². The predicted octanol–water partition coefficient (Wildman–Crippen LogP) is 2.68. The van der Waals surface area contributed by atoms with Crippen LogP contribution in [0.5, 0.6) is 5.75 Å². The van der Waals surface area contributed by atoms with Gasteiger partial charge in [0.05, 0.1) is 18.5 Å². The summed E-state index contributed by atoms with van der Waals surface area (Å²) in [7, 11) is 1.61. The van der Waals surface area contributed by atoms with Crippen molar-refractivity contribution in [3.8, 4) is 5.75 Å². The Morgan fingerprint density at radius 2 is 2.14 bits per heavy atom. The Bertz CT molecular complexity index is 662. The first kappa shape index (κ1) is 14.9. The second-order valence-electron chi connectivity index (χ2n) is 5.19. The van der Waals surface area contributed by atoms with Crippen LogP contribution in [0, 0.1) is 6.92 Å². The Labute approximate surface area is 123 Å². The van der Waals surface area contributed by atoms with Gasteiger partial charge in [0, 0.05) is 5.69 Å². The number of nitrogens with one attached hydrogen (secondary N) is 2. The minimum absolute atomic E-state index is 0.183. The van der Waals surface area contributed by atoms with Gasteiger partial charge in [0.2, 0.25) is 0 Å². The zero-order valence-corrected chi connectivity index (χ0v) is 12.7. The van der Waals surface area contributed by atoms with Crippen LogP contribution in [0.1, 0.15) is 41.5 Å². The standard InChI is InChI=1S/C15H20N4O2/c1-8(2)13-12(16)14(19-18-13)15(20)17-10-5-6-11(21-4)9(3)7-10/h5-8H,16H2,1-4H3,(H,17,20)(H,18,19). The van der Waals surface area contributed by atoms with Crippen LogP contribution < -0.4 is 15.8 Å². The number of aryl methyl sites for hydroxylation is 1. The van der Waals surface area contributed by atoms with Crippen molar-refractivity contribution in [1.82, 2.24) is 10.2 Å². The molecular formula is C15H20N4O2. The summed E-state index contributed by atoms with van der Waals surface area (Å²) < 4.78 is 5.19. The molecule has 6 heteroatoms. The number of aromatic nitrogens is 2. The summed E-state index contributed by atoms with van der Waals surface area (Å²) in [5.41, 5.74) is 8.95. The lowest BCUT2D eigenvalue weighted by molar-refractivity contribution is 0.102. The van der Waals surface area contributed by atoms with E-state index in [1.54, 1.807) is 19.2 Å². The second-order valence-corrected chi connectivity index (χ2v) is 5.19. The quantitative estimate of drug-likeness (QED) is 0.806. The molecule has 0 atom stereocenters. The number of nitrogen functional groups attached to an aromatic ring is 1. The summed E-state index contributed by atoms with van der Waals surface area (Å²) in [6.07, 6.45) is 0. The lowest BCUT2D eigenvalue weighted by Gasteiger charge is -2.08. The topological polar surface area (TPSA) is 93.0 Å². The third kappa shape index (κ3) is 2.99. The van der Waals surface area contributed by atoms with Crippen LogP contribution in [-0.4, -0.2) is 23.2 Å². The summed E-state index contributed by atoms with van der Waals surface area (Å²) in [4.78, 5) is 12.2. The molecule has 0 saturated carbocycles. The van der Waals surface area contributed by atoms with E-state index in [0.29, 0.717) is 11.4 Å². The van der Waals surface area contributed by atoms with Gasteiger partial charge in [-0.1, -0.05) is 13.8 Å². The Hall–Kier alpha value is -2.50. The van der Waals surface area contributed by atoms with E-state index in [0.717, 1.165) is 17.0 Å². The number of carbonyl (C=O) groups is 1. The van der Waals surface area contributed by atoms with Crippen molar-refractivity contribution in [3.05, 3.63) is 35.2 Å². The molecule has 1 aromatic carbocycles. The van der Waals surface area contributed by atoms with Gasteiger partial charge in [0.25, 0.3) is 5.91 Å². The molecule has 4 N–H and O–H groups in total.